The van der Waals surface area contributed by atoms with Crippen LogP contribution in [0.5, 0.6) is 0 Å². The average Bonchev–Trinajstić information content (AvgIpc) is 3.02. The molecule has 2 aliphatic rings. The Kier molecular flexibility index (Phi) is 5.98. The SMILES string of the molecule is CCOC(=O)[C@]12CN(Cc3ccccc3)C[C@@H]1N(C(=O)OC(C)(C)C)CCC2=O. The van der Waals surface area contributed by atoms with Crippen molar-refractivity contribution in [1.29, 1.82) is 0 Å². The van der Waals surface area contributed by atoms with Crippen molar-refractivity contribution in [2.24, 2.45) is 5.41 Å². The zero-order chi connectivity index (χ0) is 21.2. The van der Waals surface area contributed by atoms with Gasteiger partial charge in [0.2, 0.25) is 0 Å². The van der Waals surface area contributed by atoms with Crippen LogP contribution in [0, 0.1) is 5.41 Å². The van der Waals surface area contributed by atoms with E-state index in [0.29, 0.717) is 13.1 Å². The van der Waals surface area contributed by atoms with Crippen molar-refractivity contribution in [1.82, 2.24) is 9.80 Å². The van der Waals surface area contributed by atoms with Gasteiger partial charge in [0.1, 0.15) is 5.60 Å². The lowest BCUT2D eigenvalue weighted by molar-refractivity contribution is -0.165. The fourth-order valence-corrected chi connectivity index (χ4v) is 4.24. The van der Waals surface area contributed by atoms with Gasteiger partial charge in [0.05, 0.1) is 12.6 Å². The Morgan fingerprint density at radius 3 is 2.52 bits per heavy atom. The first-order chi connectivity index (χ1) is 13.7. The first kappa shape index (κ1) is 21.3. The highest BCUT2D eigenvalue weighted by Gasteiger charge is 2.63. The van der Waals surface area contributed by atoms with E-state index in [1.165, 1.54) is 0 Å². The maximum atomic E-state index is 13.1. The lowest BCUT2D eigenvalue weighted by Crippen LogP contribution is -2.62. The molecule has 0 radical (unpaired) electrons. The summed E-state index contributed by atoms with van der Waals surface area (Å²) in [6.45, 7) is 8.80. The van der Waals surface area contributed by atoms with E-state index in [9.17, 15) is 14.4 Å². The van der Waals surface area contributed by atoms with Crippen LogP contribution in [0.4, 0.5) is 4.79 Å². The molecule has 0 aromatic heterocycles. The number of carbonyl (C=O) groups excluding carboxylic acids is 3. The van der Waals surface area contributed by atoms with Gasteiger partial charge in [-0.05, 0) is 33.3 Å². The van der Waals surface area contributed by atoms with Crippen LogP contribution >= 0.6 is 0 Å². The van der Waals surface area contributed by atoms with Crippen molar-refractivity contribution >= 4 is 17.8 Å². The summed E-state index contributed by atoms with van der Waals surface area (Å²) in [6.07, 6.45) is -0.376. The molecule has 0 N–H and O–H groups in total. The van der Waals surface area contributed by atoms with Gasteiger partial charge in [-0.1, -0.05) is 30.3 Å². The van der Waals surface area contributed by atoms with Gasteiger partial charge >= 0.3 is 12.1 Å². The molecule has 2 fully saturated rings. The van der Waals surface area contributed by atoms with Crippen LogP contribution in [-0.4, -0.2) is 65.5 Å². The standard InChI is InChI=1S/C22H30N2O5/c1-5-28-19(26)22-15-23(13-16-9-7-6-8-10-16)14-17(22)24(12-11-18(22)25)20(27)29-21(2,3)4/h6-10,17H,5,11-15H2,1-4H3/t17-,22+/m0/s1. The molecule has 0 saturated carbocycles. The van der Waals surface area contributed by atoms with Crippen LogP contribution in [0.1, 0.15) is 39.7 Å². The average molecular weight is 402 g/mol. The molecule has 1 aromatic rings. The van der Waals surface area contributed by atoms with Crippen LogP contribution < -0.4 is 0 Å². The zero-order valence-electron chi connectivity index (χ0n) is 17.6. The summed E-state index contributed by atoms with van der Waals surface area (Å²) in [6, 6.07) is 9.27. The molecule has 2 saturated heterocycles. The highest BCUT2D eigenvalue weighted by atomic mass is 16.6. The number of ketones is 1. The number of esters is 1. The van der Waals surface area contributed by atoms with Gasteiger partial charge in [-0.2, -0.15) is 0 Å². The summed E-state index contributed by atoms with van der Waals surface area (Å²) in [5, 5.41) is 0. The summed E-state index contributed by atoms with van der Waals surface area (Å²) in [5.74, 6) is -0.699. The van der Waals surface area contributed by atoms with Crippen molar-refractivity contribution < 1.29 is 23.9 Å². The first-order valence-electron chi connectivity index (χ1n) is 10.1. The minimum Gasteiger partial charge on any atom is -0.465 e. The number of carbonyl (C=O) groups is 3. The molecule has 0 aliphatic carbocycles. The Morgan fingerprint density at radius 1 is 1.21 bits per heavy atom. The predicted molar refractivity (Wildman–Crippen MR) is 107 cm³/mol. The maximum absolute atomic E-state index is 13.1. The van der Waals surface area contributed by atoms with Gasteiger partial charge in [0, 0.05) is 32.6 Å². The molecule has 158 valence electrons. The van der Waals surface area contributed by atoms with Gasteiger partial charge in [0.25, 0.3) is 0 Å². The van der Waals surface area contributed by atoms with E-state index in [2.05, 4.69) is 4.90 Å². The van der Waals surface area contributed by atoms with Crippen LogP contribution in [0.3, 0.4) is 0 Å². The van der Waals surface area contributed by atoms with E-state index in [1.54, 1.807) is 32.6 Å². The number of Topliss-reactive ketones (excluding diaryl/α,β-unsaturated/α-hetero) is 1. The normalized spacial score (nSPS) is 24.9. The Hall–Kier alpha value is -2.41. The lowest BCUT2D eigenvalue weighted by Gasteiger charge is -2.42. The quantitative estimate of drug-likeness (QED) is 0.569. The molecule has 1 aromatic carbocycles. The van der Waals surface area contributed by atoms with Crippen molar-refractivity contribution in [3.63, 3.8) is 0 Å². The summed E-state index contributed by atoms with van der Waals surface area (Å²) in [4.78, 5) is 42.5. The number of rotatable bonds is 4. The third-order valence-corrected chi connectivity index (χ3v) is 5.44. The highest BCUT2D eigenvalue weighted by Crippen LogP contribution is 2.42. The molecule has 0 bridgehead atoms. The Balaban J connectivity index is 1.92. The molecule has 2 atom stereocenters. The minimum absolute atomic E-state index is 0.119. The third kappa shape index (κ3) is 4.29. The summed E-state index contributed by atoms with van der Waals surface area (Å²) in [5.41, 5.74) is -0.936. The van der Waals surface area contributed by atoms with Crippen LogP contribution in [0.25, 0.3) is 0 Å². The van der Waals surface area contributed by atoms with Gasteiger partial charge in [-0.25, -0.2) is 4.79 Å². The zero-order valence-corrected chi connectivity index (χ0v) is 17.6. The lowest BCUT2D eigenvalue weighted by atomic mass is 9.74. The van der Waals surface area contributed by atoms with Crippen molar-refractivity contribution in [3.8, 4) is 0 Å². The van der Waals surface area contributed by atoms with Gasteiger partial charge in [-0.15, -0.1) is 0 Å². The Labute approximate surface area is 171 Å². The second-order valence-electron chi connectivity index (χ2n) is 8.71. The monoisotopic (exact) mass is 402 g/mol. The molecular formula is C22H30N2O5. The van der Waals surface area contributed by atoms with E-state index in [1.807, 2.05) is 30.3 Å². The highest BCUT2D eigenvalue weighted by molar-refractivity contribution is 6.06. The van der Waals surface area contributed by atoms with Gasteiger partial charge in [-0.3, -0.25) is 14.5 Å². The first-order valence-corrected chi connectivity index (χ1v) is 10.1. The van der Waals surface area contributed by atoms with Crippen LogP contribution in [0.15, 0.2) is 30.3 Å². The maximum Gasteiger partial charge on any atom is 0.410 e. The van der Waals surface area contributed by atoms with E-state index >= 15 is 0 Å². The molecule has 7 nitrogen and oxygen atoms in total. The number of piperidine rings is 1. The Bertz CT molecular complexity index is 773. The molecule has 0 spiro atoms. The fourth-order valence-electron chi connectivity index (χ4n) is 4.24. The van der Waals surface area contributed by atoms with Crippen LogP contribution in [0.2, 0.25) is 0 Å². The number of fused-ring (bicyclic) bond motifs is 1. The molecule has 2 heterocycles. The van der Waals surface area contributed by atoms with E-state index in [0.717, 1.165) is 5.56 Å². The van der Waals surface area contributed by atoms with E-state index < -0.39 is 29.1 Å². The number of benzene rings is 1. The van der Waals surface area contributed by atoms with E-state index in [-0.39, 0.29) is 31.9 Å². The molecule has 0 unspecified atom stereocenters. The minimum atomic E-state index is -1.36. The number of likely N-dealkylation sites (tertiary alicyclic amines) is 2. The second-order valence-corrected chi connectivity index (χ2v) is 8.71. The summed E-state index contributed by atoms with van der Waals surface area (Å²) in [7, 11) is 0. The van der Waals surface area contributed by atoms with Crippen molar-refractivity contribution in [2.45, 2.75) is 52.3 Å². The molecule has 29 heavy (non-hydrogen) atoms. The second kappa shape index (κ2) is 8.14. The van der Waals surface area contributed by atoms with Gasteiger partial charge in [0.15, 0.2) is 11.2 Å². The topological polar surface area (TPSA) is 76.2 Å². The molecule has 1 amide bonds. The largest absolute Gasteiger partial charge is 0.465 e. The van der Waals surface area contributed by atoms with E-state index in [4.69, 9.17) is 9.47 Å². The van der Waals surface area contributed by atoms with Crippen molar-refractivity contribution in [2.75, 3.05) is 26.2 Å². The fraction of sp³-hybridized carbons (Fsp3) is 0.591. The predicted octanol–water partition coefficient (Wildman–Crippen LogP) is 2.63. The number of ether oxygens (including phenoxy) is 2. The van der Waals surface area contributed by atoms with Crippen LogP contribution in [-0.2, 0) is 25.6 Å². The summed E-state index contributed by atoms with van der Waals surface area (Å²) < 4.78 is 10.9. The number of hydrogen-bond acceptors (Lipinski definition) is 6. The van der Waals surface area contributed by atoms with Crippen molar-refractivity contribution in [3.05, 3.63) is 35.9 Å². The van der Waals surface area contributed by atoms with Gasteiger partial charge < -0.3 is 14.4 Å². The number of amides is 1. The molecule has 7 heteroatoms. The Morgan fingerprint density at radius 2 is 1.90 bits per heavy atom. The summed E-state index contributed by atoms with van der Waals surface area (Å²) >= 11 is 0. The molecule has 2 aliphatic heterocycles. The molecule has 3 rings (SSSR count). The smallest absolute Gasteiger partial charge is 0.410 e. The molecular weight excluding hydrogens is 372 g/mol. The number of nitrogens with zero attached hydrogens (tertiary/aromatic N) is 2. The number of hydrogen-bond donors (Lipinski definition) is 0. The third-order valence-electron chi connectivity index (χ3n) is 5.44.